The zero-order valence-electron chi connectivity index (χ0n) is 15.6. The number of carbonyl (C=O) groups is 2. The molecule has 2 atom stereocenters. The third-order valence-corrected chi connectivity index (χ3v) is 5.10. The Balaban J connectivity index is 1.93. The highest BCUT2D eigenvalue weighted by Gasteiger charge is 2.39. The van der Waals surface area contributed by atoms with Crippen LogP contribution in [0.4, 0.5) is 18.9 Å². The molecule has 1 aromatic heterocycles. The van der Waals surface area contributed by atoms with E-state index in [0.717, 1.165) is 4.68 Å². The molecule has 3 rings (SSSR count). The summed E-state index contributed by atoms with van der Waals surface area (Å²) in [6, 6.07) is 6.77. The Morgan fingerprint density at radius 1 is 1.29 bits per heavy atom. The molecule has 1 aliphatic heterocycles. The quantitative estimate of drug-likeness (QED) is 0.861. The summed E-state index contributed by atoms with van der Waals surface area (Å²) in [5.41, 5.74) is 2.13. The molecule has 0 aliphatic carbocycles. The number of rotatable bonds is 4. The second-order valence-corrected chi connectivity index (χ2v) is 6.98. The highest BCUT2D eigenvalue weighted by Crippen LogP contribution is 2.38. The first kappa shape index (κ1) is 19.9. The number of carbonyl (C=O) groups excluding carboxylic acids is 1. The fraction of sp³-hybridized carbons (Fsp3) is 0.421. The van der Waals surface area contributed by atoms with Crippen LogP contribution in [0.25, 0.3) is 0 Å². The van der Waals surface area contributed by atoms with Crippen LogP contribution in [0.1, 0.15) is 41.3 Å². The number of carboxylic acids is 1. The molecule has 6 nitrogen and oxygen atoms in total. The smallest absolute Gasteiger partial charge is 0.408 e. The second-order valence-electron chi connectivity index (χ2n) is 6.98. The summed E-state index contributed by atoms with van der Waals surface area (Å²) in [5.74, 6) is -2.99. The third-order valence-electron chi connectivity index (χ3n) is 5.10. The van der Waals surface area contributed by atoms with Crippen molar-refractivity contribution in [3.63, 3.8) is 0 Å². The Morgan fingerprint density at radius 2 is 1.93 bits per heavy atom. The molecule has 1 aromatic carbocycles. The topological polar surface area (TPSA) is 75.4 Å². The van der Waals surface area contributed by atoms with Crippen LogP contribution in [-0.4, -0.2) is 39.5 Å². The Bertz CT molecular complexity index is 936. The minimum atomic E-state index is -4.42. The van der Waals surface area contributed by atoms with Crippen molar-refractivity contribution in [2.45, 2.75) is 45.3 Å². The average molecular weight is 395 g/mol. The molecule has 0 bridgehead atoms. The molecule has 1 N–H and O–H groups in total. The molecule has 0 spiro atoms. The molecule has 0 radical (unpaired) electrons. The van der Waals surface area contributed by atoms with Gasteiger partial charge in [0.05, 0.1) is 11.6 Å². The highest BCUT2D eigenvalue weighted by atomic mass is 19.4. The molecule has 2 heterocycles. The van der Waals surface area contributed by atoms with Gasteiger partial charge < -0.3 is 10.0 Å². The van der Waals surface area contributed by atoms with Gasteiger partial charge in [0.15, 0.2) is 0 Å². The summed E-state index contributed by atoms with van der Waals surface area (Å²) in [5, 5.41) is 13.4. The molecule has 1 amide bonds. The zero-order chi connectivity index (χ0) is 20.8. The largest absolute Gasteiger partial charge is 0.481 e. The minimum absolute atomic E-state index is 0.00730. The van der Waals surface area contributed by atoms with Gasteiger partial charge in [-0.2, -0.15) is 18.3 Å². The number of carboxylic acid groups (broad SMARTS) is 1. The summed E-state index contributed by atoms with van der Waals surface area (Å²) >= 11 is 0. The van der Waals surface area contributed by atoms with Crippen molar-refractivity contribution >= 4 is 17.6 Å². The van der Waals surface area contributed by atoms with Crippen LogP contribution < -0.4 is 4.90 Å². The Morgan fingerprint density at radius 3 is 2.54 bits per heavy atom. The molecule has 0 fully saturated rings. The van der Waals surface area contributed by atoms with Gasteiger partial charge in [0.25, 0.3) is 0 Å². The lowest BCUT2D eigenvalue weighted by atomic mass is 9.97. The van der Waals surface area contributed by atoms with Gasteiger partial charge in [0.2, 0.25) is 5.91 Å². The SMILES string of the molecule is Cc1nn(CC(F)(F)F)c(C)c1C(C)C(=O)N1CC(C(=O)O)c2ccccc21. The van der Waals surface area contributed by atoms with Gasteiger partial charge in [0.1, 0.15) is 12.5 Å². The van der Waals surface area contributed by atoms with Crippen molar-refractivity contribution in [1.29, 1.82) is 0 Å². The van der Waals surface area contributed by atoms with Crippen LogP contribution in [-0.2, 0) is 16.1 Å². The predicted octanol–water partition coefficient (Wildman–Crippen LogP) is 3.38. The number of para-hydroxylation sites is 1. The van der Waals surface area contributed by atoms with Gasteiger partial charge in [-0.15, -0.1) is 0 Å². The number of aryl methyl sites for hydroxylation is 1. The van der Waals surface area contributed by atoms with Crippen LogP contribution in [0.2, 0.25) is 0 Å². The van der Waals surface area contributed by atoms with Gasteiger partial charge >= 0.3 is 12.1 Å². The summed E-state index contributed by atoms with van der Waals surface area (Å²) in [4.78, 5) is 26.1. The first-order valence-electron chi connectivity index (χ1n) is 8.75. The number of nitrogens with zero attached hydrogens (tertiary/aromatic N) is 3. The molecular formula is C19H20F3N3O3. The fourth-order valence-electron chi connectivity index (χ4n) is 3.85. The Kier molecular flexibility index (Phi) is 4.95. The average Bonchev–Trinajstić information content (AvgIpc) is 3.10. The van der Waals surface area contributed by atoms with E-state index in [9.17, 15) is 27.9 Å². The van der Waals surface area contributed by atoms with E-state index < -0.39 is 30.5 Å². The lowest BCUT2D eigenvalue weighted by molar-refractivity contribution is -0.143. The maximum absolute atomic E-state index is 13.1. The first-order chi connectivity index (χ1) is 13.0. The molecule has 2 unspecified atom stereocenters. The monoisotopic (exact) mass is 395 g/mol. The number of aliphatic carboxylic acids is 1. The zero-order valence-corrected chi connectivity index (χ0v) is 15.6. The number of fused-ring (bicyclic) bond motifs is 1. The lowest BCUT2D eigenvalue weighted by Crippen LogP contribution is -2.34. The first-order valence-corrected chi connectivity index (χ1v) is 8.75. The normalized spacial score (nSPS) is 17.5. The number of halogens is 3. The van der Waals surface area contributed by atoms with E-state index >= 15 is 0 Å². The van der Waals surface area contributed by atoms with E-state index in [-0.39, 0.29) is 18.1 Å². The van der Waals surface area contributed by atoms with Crippen LogP contribution >= 0.6 is 0 Å². The van der Waals surface area contributed by atoms with E-state index in [2.05, 4.69) is 5.10 Å². The standard InChI is InChI=1S/C19H20F3N3O3/c1-10(16-11(2)23-25(12(16)3)9-19(20,21)22)17(26)24-8-14(18(27)28)13-6-4-5-7-15(13)24/h4-7,10,14H,8-9H2,1-3H3,(H,27,28). The molecule has 0 saturated carbocycles. The van der Waals surface area contributed by atoms with Gasteiger partial charge in [0, 0.05) is 23.5 Å². The number of aromatic nitrogens is 2. The molecule has 1 aliphatic rings. The van der Waals surface area contributed by atoms with E-state index in [1.807, 2.05) is 0 Å². The summed E-state index contributed by atoms with van der Waals surface area (Å²) in [7, 11) is 0. The maximum Gasteiger partial charge on any atom is 0.408 e. The number of hydrogen-bond acceptors (Lipinski definition) is 3. The number of hydrogen-bond donors (Lipinski definition) is 1. The van der Waals surface area contributed by atoms with Crippen molar-refractivity contribution in [3.05, 3.63) is 46.8 Å². The molecule has 28 heavy (non-hydrogen) atoms. The van der Waals surface area contributed by atoms with E-state index in [4.69, 9.17) is 0 Å². The van der Waals surface area contributed by atoms with E-state index in [1.165, 1.54) is 11.8 Å². The van der Waals surface area contributed by atoms with Gasteiger partial charge in [-0.05, 0) is 32.4 Å². The van der Waals surface area contributed by atoms with Crippen LogP contribution in [0.15, 0.2) is 24.3 Å². The number of benzene rings is 1. The van der Waals surface area contributed by atoms with Crippen molar-refractivity contribution in [2.24, 2.45) is 0 Å². The number of alkyl halides is 3. The van der Waals surface area contributed by atoms with Crippen molar-refractivity contribution in [2.75, 3.05) is 11.4 Å². The maximum atomic E-state index is 13.1. The Labute approximate surface area is 159 Å². The van der Waals surface area contributed by atoms with Crippen LogP contribution in [0.3, 0.4) is 0 Å². The van der Waals surface area contributed by atoms with Crippen LogP contribution in [0.5, 0.6) is 0 Å². The molecule has 9 heteroatoms. The lowest BCUT2D eigenvalue weighted by Gasteiger charge is -2.22. The molecule has 150 valence electrons. The molecule has 2 aromatic rings. The number of anilines is 1. The van der Waals surface area contributed by atoms with Crippen molar-refractivity contribution < 1.29 is 27.9 Å². The summed E-state index contributed by atoms with van der Waals surface area (Å²) < 4.78 is 39.1. The fourth-order valence-corrected chi connectivity index (χ4v) is 3.85. The minimum Gasteiger partial charge on any atom is -0.481 e. The van der Waals surface area contributed by atoms with Crippen molar-refractivity contribution in [1.82, 2.24) is 9.78 Å². The molecular weight excluding hydrogens is 375 g/mol. The second kappa shape index (κ2) is 6.96. The summed E-state index contributed by atoms with van der Waals surface area (Å²) in [6.45, 7) is 3.44. The third kappa shape index (κ3) is 3.48. The summed E-state index contributed by atoms with van der Waals surface area (Å²) in [6.07, 6.45) is -4.42. The number of amides is 1. The Hall–Kier alpha value is -2.84. The van der Waals surface area contributed by atoms with Crippen molar-refractivity contribution in [3.8, 4) is 0 Å². The van der Waals surface area contributed by atoms with E-state index in [1.54, 1.807) is 38.1 Å². The van der Waals surface area contributed by atoms with Gasteiger partial charge in [-0.3, -0.25) is 14.3 Å². The highest BCUT2D eigenvalue weighted by molar-refractivity contribution is 6.02. The van der Waals surface area contributed by atoms with Crippen LogP contribution in [0, 0.1) is 13.8 Å². The van der Waals surface area contributed by atoms with Gasteiger partial charge in [-0.1, -0.05) is 18.2 Å². The molecule has 0 saturated heterocycles. The predicted molar refractivity (Wildman–Crippen MR) is 95.3 cm³/mol. The van der Waals surface area contributed by atoms with E-state index in [0.29, 0.717) is 22.5 Å². The van der Waals surface area contributed by atoms with Gasteiger partial charge in [-0.25, -0.2) is 0 Å².